The number of hydrogen-bond acceptors (Lipinski definition) is 22. The number of carboxylic acids is 1. The van der Waals surface area contributed by atoms with Gasteiger partial charge in [0.25, 0.3) is 0 Å². The maximum atomic E-state index is 11.3. The predicted molar refractivity (Wildman–Crippen MR) is 199 cm³/mol. The fourth-order valence-corrected chi connectivity index (χ4v) is 4.12. The zero-order valence-electron chi connectivity index (χ0n) is 33.1. The Morgan fingerprint density at radius 1 is 0.717 bits per heavy atom. The van der Waals surface area contributed by atoms with Crippen molar-refractivity contribution in [1.82, 2.24) is 4.84 Å². The monoisotopic (exact) mass is 892 g/mol. The summed E-state index contributed by atoms with van der Waals surface area (Å²) >= 11 is 5.20. The smallest absolute Gasteiger partial charge is 0.481 e. The van der Waals surface area contributed by atoms with Crippen molar-refractivity contribution in [1.29, 1.82) is 0 Å². The maximum absolute atomic E-state index is 11.3. The van der Waals surface area contributed by atoms with Crippen LogP contribution < -0.4 is 4.84 Å². The molecule has 0 aromatic rings. The van der Waals surface area contributed by atoms with Crippen LogP contribution in [0.15, 0.2) is 15.3 Å². The van der Waals surface area contributed by atoms with Crippen molar-refractivity contribution in [3.05, 3.63) is 31.3 Å². The Morgan fingerprint density at radius 3 is 1.57 bits per heavy atom. The second kappa shape index (κ2) is 35.1. The highest BCUT2D eigenvalue weighted by Crippen LogP contribution is 2.27. The molecule has 0 amide bonds. The standard InChI is InChI=1S/C9H15N3O6.C7H11N3O4.C6H12ClNO5.C6H12O2.C2H3N3O2/c10-12-11-2-4(14)1-5-7(15)8(16)6(3-13)18-9(5)17;1-5(2)4-13-7(12)14-6(11)3-9-10-8;7-8-3-5(11)4(10)2(1-9)13-6(3)12;1-5(2)4-8-6(3)7;3-5-4-1-2(6)7/h5-9,13,15-17H,1-3H2;5H,3-4H2,1-2H3;2-6,8-12H,1H2;5H,4H2,1-3H3;1H2,(H,6,7)/t5?,6?,7-,8-,9?;;2?,3?,4-,5-,6?;;/m1.1../s1. The van der Waals surface area contributed by atoms with E-state index in [2.05, 4.69) is 49.1 Å². The average molecular weight is 893 g/mol. The van der Waals surface area contributed by atoms with Gasteiger partial charge in [-0.15, -0.1) is 0 Å². The minimum atomic E-state index is -1.48. The van der Waals surface area contributed by atoms with Crippen LogP contribution >= 0.6 is 11.8 Å². The van der Waals surface area contributed by atoms with Gasteiger partial charge in [0.15, 0.2) is 12.6 Å². The van der Waals surface area contributed by atoms with E-state index >= 15 is 0 Å². The predicted octanol–water partition coefficient (Wildman–Crippen LogP) is -0.948. The largest absolute Gasteiger partial charge is 0.516 e. The van der Waals surface area contributed by atoms with Gasteiger partial charge in [-0.2, -0.15) is 0 Å². The van der Waals surface area contributed by atoms with E-state index in [0.29, 0.717) is 12.5 Å². The number of aliphatic hydroxyl groups is 8. The Hall–Kier alpha value is -4.67. The summed E-state index contributed by atoms with van der Waals surface area (Å²) in [5.41, 5.74) is 23.4. The van der Waals surface area contributed by atoms with Crippen molar-refractivity contribution in [2.45, 2.75) is 96.3 Å². The second-order valence-corrected chi connectivity index (χ2v) is 12.9. The molecule has 2 rings (SSSR count). The van der Waals surface area contributed by atoms with Crippen molar-refractivity contribution in [3.63, 3.8) is 0 Å². The molecule has 0 aromatic heterocycles. The van der Waals surface area contributed by atoms with Crippen LogP contribution in [0, 0.1) is 17.8 Å². The van der Waals surface area contributed by atoms with E-state index in [1.807, 2.05) is 27.7 Å². The highest BCUT2D eigenvalue weighted by Gasteiger charge is 2.44. The van der Waals surface area contributed by atoms with E-state index < -0.39 is 118 Å². The number of carbonyl (C=O) groups excluding carboxylic acids is 4. The molecule has 344 valence electrons. The van der Waals surface area contributed by atoms with Gasteiger partial charge in [0.2, 0.25) is 0 Å². The number of aliphatic hydroxyl groups excluding tert-OH is 8. The number of rotatable bonds is 15. The number of ketones is 1. The molecule has 2 heterocycles. The van der Waals surface area contributed by atoms with Crippen LogP contribution in [-0.2, 0) is 42.9 Å². The first-order valence-corrected chi connectivity index (χ1v) is 17.7. The second-order valence-electron chi connectivity index (χ2n) is 12.7. The lowest BCUT2D eigenvalue weighted by Gasteiger charge is -2.39. The molecule has 6 unspecified atom stereocenters. The summed E-state index contributed by atoms with van der Waals surface area (Å²) in [5.74, 6) is -3.15. The lowest BCUT2D eigenvalue weighted by atomic mass is 9.87. The van der Waals surface area contributed by atoms with E-state index in [-0.39, 0.29) is 24.9 Å². The summed E-state index contributed by atoms with van der Waals surface area (Å²) in [6.45, 7) is 7.39. The number of esters is 2. The Bertz CT molecular complexity index is 1430. The summed E-state index contributed by atoms with van der Waals surface area (Å²) < 4.78 is 23.0. The summed E-state index contributed by atoms with van der Waals surface area (Å²) in [6, 6.07) is -0.973. The molecule has 0 spiro atoms. The number of carboxylic acid groups (broad SMARTS) is 1. The van der Waals surface area contributed by atoms with Gasteiger partial charge in [-0.1, -0.05) is 43.0 Å². The van der Waals surface area contributed by atoms with Crippen molar-refractivity contribution in [3.8, 4) is 0 Å². The number of Topliss-reactive ketones (excluding diaryl/α,β-unsaturated/α-hetero) is 1. The highest BCUT2D eigenvalue weighted by molar-refractivity contribution is 6.13. The molecular formula is C30H53ClN10O19. The third-order valence-corrected chi connectivity index (χ3v) is 6.97. The van der Waals surface area contributed by atoms with Gasteiger partial charge in [-0.25, -0.2) is 9.63 Å². The molecule has 0 aliphatic carbocycles. The quantitative estimate of drug-likeness (QED) is 0.0237. The molecule has 0 radical (unpaired) electrons. The molecule has 0 saturated carbocycles. The Labute approximate surface area is 346 Å². The van der Waals surface area contributed by atoms with Crippen molar-refractivity contribution in [2.75, 3.05) is 46.1 Å². The van der Waals surface area contributed by atoms with Crippen molar-refractivity contribution >= 4 is 41.6 Å². The number of nitrogens with one attached hydrogen (secondary N) is 1. The molecule has 60 heavy (non-hydrogen) atoms. The topological polar surface area (TPSA) is 472 Å². The van der Waals surface area contributed by atoms with Crippen LogP contribution in [0.4, 0.5) is 4.79 Å². The van der Waals surface area contributed by atoms with Gasteiger partial charge in [0, 0.05) is 34.0 Å². The minimum absolute atomic E-state index is 0.162. The van der Waals surface area contributed by atoms with Gasteiger partial charge in [0.1, 0.15) is 55.4 Å². The van der Waals surface area contributed by atoms with Gasteiger partial charge in [-0.3, -0.25) is 19.2 Å². The van der Waals surface area contributed by atoms with Crippen LogP contribution in [0.25, 0.3) is 31.3 Å². The fourth-order valence-electron chi connectivity index (χ4n) is 3.88. The lowest BCUT2D eigenvalue weighted by molar-refractivity contribution is -0.269. The molecule has 2 aliphatic rings. The number of nitrogens with zero attached hydrogens (tertiary/aromatic N) is 9. The van der Waals surface area contributed by atoms with E-state index in [4.69, 9.17) is 53.2 Å². The summed E-state index contributed by atoms with van der Waals surface area (Å²) in [7, 11) is 0. The fraction of sp³-hybridized carbons (Fsp3) is 0.833. The molecule has 30 heteroatoms. The molecule has 0 aromatic carbocycles. The lowest BCUT2D eigenvalue weighted by Crippen LogP contribution is -2.61. The van der Waals surface area contributed by atoms with Crippen LogP contribution in [-0.4, -0.2) is 177 Å². The number of halogens is 1. The summed E-state index contributed by atoms with van der Waals surface area (Å²) in [4.78, 5) is 61.4. The Kier molecular flexibility index (Phi) is 34.9. The SMILES string of the molecule is CC(=O)OCC(C)C.CC(C)COC(=O)OC(=O)CN=[N+]=[N-].OCC1OC(O)C(NCl)[C@@H](O)[C@@H]1O.[N-]=[N+]=NCC(=O)CC1C(O)OC(CO)[C@@H](O)[C@@H]1O.[N-]=[N+]=NCC(=O)O. The van der Waals surface area contributed by atoms with Crippen molar-refractivity contribution < 1.29 is 93.6 Å². The van der Waals surface area contributed by atoms with Crippen LogP contribution in [0.2, 0.25) is 0 Å². The first-order chi connectivity index (χ1) is 28.1. The van der Waals surface area contributed by atoms with Gasteiger partial charge < -0.3 is 69.6 Å². The third kappa shape index (κ3) is 28.7. The number of hydrogen-bond donors (Lipinski definition) is 10. The summed E-state index contributed by atoms with van der Waals surface area (Å²) in [6.07, 6.45) is -11.6. The maximum Gasteiger partial charge on any atom is 0.516 e. The zero-order valence-corrected chi connectivity index (χ0v) is 33.9. The van der Waals surface area contributed by atoms with E-state index in [1.54, 1.807) is 0 Å². The Balaban J connectivity index is -0.000000704. The highest BCUT2D eigenvalue weighted by atomic mass is 35.5. The molecule has 2 aliphatic heterocycles. The third-order valence-electron chi connectivity index (χ3n) is 6.71. The molecule has 2 saturated heterocycles. The van der Waals surface area contributed by atoms with E-state index in [9.17, 15) is 54.6 Å². The molecule has 2 fully saturated rings. The molecule has 0 bridgehead atoms. The minimum Gasteiger partial charge on any atom is -0.481 e. The first-order valence-electron chi connectivity index (χ1n) is 17.3. The van der Waals surface area contributed by atoms with Gasteiger partial charge in [0.05, 0.1) is 39.1 Å². The average Bonchev–Trinajstić information content (AvgIpc) is 3.19. The first kappa shape index (κ1) is 59.6. The van der Waals surface area contributed by atoms with Gasteiger partial charge in [-0.05, 0) is 40.2 Å². The van der Waals surface area contributed by atoms with Crippen LogP contribution in [0.1, 0.15) is 41.0 Å². The van der Waals surface area contributed by atoms with Crippen molar-refractivity contribution in [2.24, 2.45) is 33.1 Å². The molecule has 29 nitrogen and oxygen atoms in total. The number of azide groups is 3. The Morgan fingerprint density at radius 2 is 1.17 bits per heavy atom. The van der Waals surface area contributed by atoms with Crippen LogP contribution in [0.3, 0.4) is 0 Å². The number of carbonyl (C=O) groups is 5. The zero-order chi connectivity index (χ0) is 47.0. The van der Waals surface area contributed by atoms with Gasteiger partial charge >= 0.3 is 24.1 Å². The normalized spacial score (nSPS) is 25.0. The summed E-state index contributed by atoms with van der Waals surface area (Å²) in [5, 5.41) is 90.8. The molecule has 10 atom stereocenters. The van der Waals surface area contributed by atoms with E-state index in [1.165, 1.54) is 6.92 Å². The molecular weight excluding hydrogens is 840 g/mol. The number of aliphatic carboxylic acids is 1. The number of ether oxygens (including phenoxy) is 5. The molecule has 10 N–H and O–H groups in total. The van der Waals surface area contributed by atoms with E-state index in [0.717, 1.165) is 0 Å². The van der Waals surface area contributed by atoms with Crippen LogP contribution in [0.5, 0.6) is 0 Å².